The number of rotatable bonds is 11. The lowest BCUT2D eigenvalue weighted by Crippen LogP contribution is -2.18. The molecule has 0 saturated heterocycles. The van der Waals surface area contributed by atoms with Gasteiger partial charge in [0.2, 0.25) is 0 Å². The highest BCUT2D eigenvalue weighted by Crippen LogP contribution is 2.30. The van der Waals surface area contributed by atoms with E-state index in [4.69, 9.17) is 0 Å². The molecule has 1 amide bonds. The van der Waals surface area contributed by atoms with Gasteiger partial charge in [-0.05, 0) is 37.1 Å². The molecule has 4 nitrogen and oxygen atoms in total. The number of nitrogens with zero attached hydrogens (tertiary/aromatic N) is 1. The average Bonchev–Trinajstić information content (AvgIpc) is 2.67. The number of alkyl halides is 3. The van der Waals surface area contributed by atoms with Crippen LogP contribution in [0.2, 0.25) is 0 Å². The van der Waals surface area contributed by atoms with Crippen LogP contribution in [0.25, 0.3) is 0 Å². The lowest BCUT2D eigenvalue weighted by Gasteiger charge is -2.17. The second-order valence-electron chi connectivity index (χ2n) is 7.09. The predicted octanol–water partition coefficient (Wildman–Crippen LogP) is 6.76. The van der Waals surface area contributed by atoms with Crippen molar-refractivity contribution in [3.63, 3.8) is 0 Å². The number of allylic oxidation sites excluding steroid dienone is 1. The van der Waals surface area contributed by atoms with Gasteiger partial charge in [-0.2, -0.15) is 18.4 Å². The summed E-state index contributed by atoms with van der Waals surface area (Å²) in [6.07, 6.45) is 2.70. The Morgan fingerprint density at radius 2 is 1.59 bits per heavy atom. The fraction of sp³-hybridized carbons (Fsp3) is 0.545. The molecule has 0 saturated carbocycles. The standard InChI is InChI=1S/C22H29F3N2O2/c1-3-5-7-9-16(10-8-6-4-2)20(28)19(15-26)21(29)27-18-13-11-17(12-14-18)22(23,24)25/h11-14,16,28H,3-10H2,1-2H3,(H,27,29). The molecule has 0 fully saturated rings. The lowest BCUT2D eigenvalue weighted by atomic mass is 9.91. The first-order chi connectivity index (χ1) is 13.7. The maximum absolute atomic E-state index is 12.6. The van der Waals surface area contributed by atoms with Crippen LogP contribution in [0.1, 0.15) is 70.8 Å². The van der Waals surface area contributed by atoms with Gasteiger partial charge in [-0.15, -0.1) is 0 Å². The number of aliphatic hydroxyl groups excluding tert-OH is 1. The smallest absolute Gasteiger partial charge is 0.416 e. The van der Waals surface area contributed by atoms with E-state index in [0.717, 1.165) is 62.8 Å². The van der Waals surface area contributed by atoms with Crippen molar-refractivity contribution < 1.29 is 23.1 Å². The zero-order valence-electron chi connectivity index (χ0n) is 17.0. The fourth-order valence-electron chi connectivity index (χ4n) is 3.06. The number of halogens is 3. The zero-order valence-corrected chi connectivity index (χ0v) is 17.0. The molecule has 29 heavy (non-hydrogen) atoms. The van der Waals surface area contributed by atoms with Gasteiger partial charge in [0.05, 0.1) is 5.56 Å². The van der Waals surface area contributed by atoms with Gasteiger partial charge in [0.15, 0.2) is 5.57 Å². The summed E-state index contributed by atoms with van der Waals surface area (Å²) in [4.78, 5) is 12.5. The Balaban J connectivity index is 2.96. The third-order valence-corrected chi connectivity index (χ3v) is 4.76. The van der Waals surface area contributed by atoms with Crippen LogP contribution < -0.4 is 5.32 Å². The van der Waals surface area contributed by atoms with Gasteiger partial charge in [-0.25, -0.2) is 0 Å². The Hall–Kier alpha value is -2.49. The van der Waals surface area contributed by atoms with Gasteiger partial charge in [-0.1, -0.05) is 52.4 Å². The first-order valence-corrected chi connectivity index (χ1v) is 10.1. The number of hydrogen-bond acceptors (Lipinski definition) is 3. The van der Waals surface area contributed by atoms with Gasteiger partial charge in [0.1, 0.15) is 11.8 Å². The summed E-state index contributed by atoms with van der Waals surface area (Å²) in [5, 5.41) is 22.4. The summed E-state index contributed by atoms with van der Waals surface area (Å²) < 4.78 is 37.9. The van der Waals surface area contributed by atoms with Gasteiger partial charge >= 0.3 is 6.18 Å². The van der Waals surface area contributed by atoms with Crippen LogP contribution >= 0.6 is 0 Å². The molecule has 7 heteroatoms. The van der Waals surface area contributed by atoms with E-state index < -0.39 is 17.6 Å². The number of carbonyl (C=O) groups excluding carboxylic acids is 1. The molecule has 0 aromatic heterocycles. The van der Waals surface area contributed by atoms with Crippen molar-refractivity contribution >= 4 is 11.6 Å². The van der Waals surface area contributed by atoms with Gasteiger partial charge in [0, 0.05) is 11.6 Å². The lowest BCUT2D eigenvalue weighted by molar-refractivity contribution is -0.137. The van der Waals surface area contributed by atoms with Crippen molar-refractivity contribution in [2.24, 2.45) is 5.92 Å². The molecule has 0 atom stereocenters. The maximum Gasteiger partial charge on any atom is 0.416 e. The van der Waals surface area contributed by atoms with Gasteiger partial charge in [-0.3, -0.25) is 4.79 Å². The van der Waals surface area contributed by atoms with E-state index in [9.17, 15) is 28.3 Å². The first kappa shape index (κ1) is 24.5. The number of benzene rings is 1. The van der Waals surface area contributed by atoms with E-state index in [1.807, 2.05) is 0 Å². The van der Waals surface area contributed by atoms with Crippen LogP contribution in [0.4, 0.5) is 18.9 Å². The normalized spacial score (nSPS) is 12.4. The molecule has 0 radical (unpaired) electrons. The van der Waals surface area contributed by atoms with E-state index in [0.29, 0.717) is 12.8 Å². The predicted molar refractivity (Wildman–Crippen MR) is 107 cm³/mol. The number of aliphatic hydroxyl groups is 1. The van der Waals surface area contributed by atoms with Crippen LogP contribution in [0.15, 0.2) is 35.6 Å². The molecule has 1 rings (SSSR count). The first-order valence-electron chi connectivity index (χ1n) is 10.1. The van der Waals surface area contributed by atoms with Crippen LogP contribution in [0.5, 0.6) is 0 Å². The van der Waals surface area contributed by atoms with Crippen molar-refractivity contribution in [2.45, 2.75) is 71.4 Å². The van der Waals surface area contributed by atoms with Crippen LogP contribution in [0.3, 0.4) is 0 Å². The van der Waals surface area contributed by atoms with Crippen LogP contribution in [-0.4, -0.2) is 11.0 Å². The summed E-state index contributed by atoms with van der Waals surface area (Å²) in [7, 11) is 0. The average molecular weight is 410 g/mol. The summed E-state index contributed by atoms with van der Waals surface area (Å²) in [6.45, 7) is 4.14. The molecule has 0 heterocycles. The second kappa shape index (κ2) is 12.2. The molecule has 0 bridgehead atoms. The molecule has 160 valence electrons. The largest absolute Gasteiger partial charge is 0.510 e. The molecule has 1 aromatic carbocycles. The Bertz CT molecular complexity index is 709. The second-order valence-corrected chi connectivity index (χ2v) is 7.09. The van der Waals surface area contributed by atoms with Crippen LogP contribution in [-0.2, 0) is 11.0 Å². The number of nitrogens with one attached hydrogen (secondary N) is 1. The summed E-state index contributed by atoms with van der Waals surface area (Å²) >= 11 is 0. The van der Waals surface area contributed by atoms with Crippen molar-refractivity contribution in [1.82, 2.24) is 0 Å². The number of anilines is 1. The third-order valence-electron chi connectivity index (χ3n) is 4.76. The number of unbranched alkanes of at least 4 members (excludes halogenated alkanes) is 4. The molecule has 0 spiro atoms. The molecule has 0 aliphatic rings. The minimum Gasteiger partial charge on any atom is -0.510 e. The number of nitriles is 1. The highest BCUT2D eigenvalue weighted by Gasteiger charge is 2.30. The summed E-state index contributed by atoms with van der Waals surface area (Å²) in [5.41, 5.74) is -1.10. The Morgan fingerprint density at radius 3 is 2.00 bits per heavy atom. The monoisotopic (exact) mass is 410 g/mol. The molecule has 0 aliphatic carbocycles. The SMILES string of the molecule is CCCCCC(CCCCC)C(O)=C(C#N)C(=O)Nc1ccc(C(F)(F)F)cc1. The van der Waals surface area contributed by atoms with E-state index >= 15 is 0 Å². The van der Waals surface area contributed by atoms with Crippen molar-refractivity contribution in [3.05, 3.63) is 41.2 Å². The highest BCUT2D eigenvalue weighted by molar-refractivity contribution is 6.06. The Kier molecular flexibility index (Phi) is 10.3. The van der Waals surface area contributed by atoms with Gasteiger partial charge in [0.25, 0.3) is 5.91 Å². The van der Waals surface area contributed by atoms with Crippen LogP contribution in [0, 0.1) is 17.2 Å². The number of amides is 1. The highest BCUT2D eigenvalue weighted by atomic mass is 19.4. The summed E-state index contributed by atoms with van der Waals surface area (Å²) in [5.74, 6) is -1.33. The van der Waals surface area contributed by atoms with E-state index in [2.05, 4.69) is 19.2 Å². The zero-order chi connectivity index (χ0) is 21.9. The van der Waals surface area contributed by atoms with Crippen molar-refractivity contribution in [2.75, 3.05) is 5.32 Å². The molecule has 1 aromatic rings. The minimum absolute atomic E-state index is 0.122. The molecular weight excluding hydrogens is 381 g/mol. The quantitative estimate of drug-likeness (QED) is 0.183. The number of hydrogen-bond donors (Lipinski definition) is 2. The van der Waals surface area contributed by atoms with E-state index in [-0.39, 0.29) is 22.9 Å². The molecule has 2 N–H and O–H groups in total. The fourth-order valence-corrected chi connectivity index (χ4v) is 3.06. The molecule has 0 aliphatic heterocycles. The van der Waals surface area contributed by atoms with E-state index in [1.165, 1.54) is 0 Å². The van der Waals surface area contributed by atoms with E-state index in [1.54, 1.807) is 6.07 Å². The third kappa shape index (κ3) is 8.18. The van der Waals surface area contributed by atoms with Crippen molar-refractivity contribution in [3.8, 4) is 6.07 Å². The maximum atomic E-state index is 12.6. The van der Waals surface area contributed by atoms with Gasteiger partial charge < -0.3 is 10.4 Å². The summed E-state index contributed by atoms with van der Waals surface area (Å²) in [6, 6.07) is 5.69. The molecular formula is C22H29F3N2O2. The Labute approximate surface area is 170 Å². The number of carbonyl (C=O) groups is 1. The molecule has 0 unspecified atom stereocenters. The van der Waals surface area contributed by atoms with Crippen molar-refractivity contribution in [1.29, 1.82) is 5.26 Å². The Morgan fingerprint density at radius 1 is 1.07 bits per heavy atom. The topological polar surface area (TPSA) is 73.1 Å². The minimum atomic E-state index is -4.47.